The molecule has 15 heavy (non-hydrogen) atoms. The second-order valence-electron chi connectivity index (χ2n) is 4.38. The molecular formula is C11H22N2O2. The summed E-state index contributed by atoms with van der Waals surface area (Å²) in [5.41, 5.74) is 5.51. The van der Waals surface area contributed by atoms with Crippen LogP contribution in [0, 0.1) is 5.92 Å². The summed E-state index contributed by atoms with van der Waals surface area (Å²) in [5, 5.41) is 9.25. The zero-order chi connectivity index (χ0) is 11.4. The van der Waals surface area contributed by atoms with Crippen LogP contribution in [-0.4, -0.2) is 42.2 Å². The summed E-state index contributed by atoms with van der Waals surface area (Å²) in [4.78, 5) is 4.39. The monoisotopic (exact) mass is 214 g/mol. The fourth-order valence-electron chi connectivity index (χ4n) is 1.39. The van der Waals surface area contributed by atoms with Gasteiger partial charge in [0.2, 0.25) is 0 Å². The number of rotatable bonds is 6. The molecule has 1 aliphatic carbocycles. The molecule has 0 heterocycles. The van der Waals surface area contributed by atoms with E-state index in [4.69, 9.17) is 10.5 Å². The van der Waals surface area contributed by atoms with Gasteiger partial charge in [0.25, 0.3) is 0 Å². The van der Waals surface area contributed by atoms with E-state index in [1.807, 2.05) is 20.1 Å². The zero-order valence-electron chi connectivity index (χ0n) is 9.76. The van der Waals surface area contributed by atoms with Gasteiger partial charge in [-0.15, -0.1) is 0 Å². The summed E-state index contributed by atoms with van der Waals surface area (Å²) < 4.78 is 5.53. The Morgan fingerprint density at radius 1 is 1.53 bits per heavy atom. The van der Waals surface area contributed by atoms with Crippen molar-refractivity contribution in [2.45, 2.75) is 51.5 Å². The molecule has 0 spiro atoms. The van der Waals surface area contributed by atoms with Crippen LogP contribution in [-0.2, 0) is 4.74 Å². The second kappa shape index (κ2) is 5.58. The summed E-state index contributed by atoms with van der Waals surface area (Å²) in [6.45, 7) is 6.23. The average molecular weight is 214 g/mol. The Bertz CT molecular complexity index is 219. The van der Waals surface area contributed by atoms with Crippen LogP contribution in [0.15, 0.2) is 4.99 Å². The Kier molecular flexibility index (Phi) is 4.70. The Labute approximate surface area is 91.5 Å². The molecule has 0 aromatic heterocycles. The number of aliphatic hydroxyl groups is 1. The van der Waals surface area contributed by atoms with Crippen molar-refractivity contribution in [2.24, 2.45) is 16.6 Å². The van der Waals surface area contributed by atoms with E-state index in [0.29, 0.717) is 12.0 Å². The molecule has 5 atom stereocenters. The molecule has 0 aromatic carbocycles. The molecular weight excluding hydrogens is 192 g/mol. The molecule has 0 saturated heterocycles. The van der Waals surface area contributed by atoms with Gasteiger partial charge >= 0.3 is 0 Å². The van der Waals surface area contributed by atoms with Crippen molar-refractivity contribution in [1.29, 1.82) is 0 Å². The smallest absolute Gasteiger partial charge is 0.0898 e. The largest absolute Gasteiger partial charge is 0.391 e. The quantitative estimate of drug-likeness (QED) is 0.635. The highest BCUT2D eigenvalue weighted by Gasteiger charge is 2.34. The molecule has 1 fully saturated rings. The lowest BCUT2D eigenvalue weighted by Gasteiger charge is -2.18. The lowest BCUT2D eigenvalue weighted by Crippen LogP contribution is -2.27. The molecule has 0 aliphatic heterocycles. The first kappa shape index (κ1) is 12.6. The minimum atomic E-state index is -0.446. The highest BCUT2D eigenvalue weighted by Crippen LogP contribution is 2.32. The Morgan fingerprint density at radius 2 is 2.20 bits per heavy atom. The van der Waals surface area contributed by atoms with E-state index in [9.17, 15) is 5.11 Å². The topological polar surface area (TPSA) is 67.8 Å². The van der Waals surface area contributed by atoms with Crippen molar-refractivity contribution in [3.8, 4) is 0 Å². The molecule has 88 valence electrons. The van der Waals surface area contributed by atoms with Crippen LogP contribution in [0.4, 0.5) is 0 Å². The van der Waals surface area contributed by atoms with Gasteiger partial charge in [0, 0.05) is 6.21 Å². The maximum absolute atomic E-state index is 9.25. The predicted molar refractivity (Wildman–Crippen MR) is 61.1 cm³/mol. The summed E-state index contributed by atoms with van der Waals surface area (Å²) in [6, 6.07) is 0.405. The normalized spacial score (nSPS) is 31.5. The molecule has 4 unspecified atom stereocenters. The van der Waals surface area contributed by atoms with Crippen LogP contribution in [0.3, 0.4) is 0 Å². The molecule has 3 N–H and O–H groups in total. The summed E-state index contributed by atoms with van der Waals surface area (Å²) >= 11 is 0. The van der Waals surface area contributed by atoms with Gasteiger partial charge in [-0.3, -0.25) is 4.99 Å². The van der Waals surface area contributed by atoms with E-state index in [-0.39, 0.29) is 12.2 Å². The van der Waals surface area contributed by atoms with Gasteiger partial charge in [-0.05, 0) is 39.7 Å². The van der Waals surface area contributed by atoms with Crippen LogP contribution in [0.1, 0.15) is 27.2 Å². The van der Waals surface area contributed by atoms with Crippen molar-refractivity contribution >= 4 is 6.21 Å². The molecule has 0 radical (unpaired) electrons. The minimum absolute atomic E-state index is 0.0476. The number of hydrogen-bond acceptors (Lipinski definition) is 4. The van der Waals surface area contributed by atoms with E-state index in [2.05, 4.69) is 4.99 Å². The molecule has 1 saturated carbocycles. The number of nitrogens with zero attached hydrogens (tertiary/aromatic N) is 1. The van der Waals surface area contributed by atoms with Crippen molar-refractivity contribution in [3.63, 3.8) is 0 Å². The fourth-order valence-corrected chi connectivity index (χ4v) is 1.39. The maximum Gasteiger partial charge on any atom is 0.0898 e. The van der Waals surface area contributed by atoms with Crippen LogP contribution in [0.25, 0.3) is 0 Å². The van der Waals surface area contributed by atoms with Crippen molar-refractivity contribution < 1.29 is 9.84 Å². The van der Waals surface area contributed by atoms with Crippen LogP contribution >= 0.6 is 0 Å². The van der Waals surface area contributed by atoms with E-state index in [0.717, 1.165) is 13.0 Å². The highest BCUT2D eigenvalue weighted by molar-refractivity contribution is 5.63. The predicted octanol–water partition coefficient (Wildman–Crippen LogP) is 0.579. The van der Waals surface area contributed by atoms with Gasteiger partial charge in [-0.2, -0.15) is 0 Å². The van der Waals surface area contributed by atoms with Gasteiger partial charge in [0.15, 0.2) is 0 Å². The molecule has 4 heteroatoms. The lowest BCUT2D eigenvalue weighted by atomic mass is 10.2. The van der Waals surface area contributed by atoms with Crippen molar-refractivity contribution in [1.82, 2.24) is 0 Å². The molecule has 0 amide bonds. The second-order valence-corrected chi connectivity index (χ2v) is 4.38. The Hall–Kier alpha value is -0.450. The van der Waals surface area contributed by atoms with Gasteiger partial charge in [0.05, 0.1) is 24.4 Å². The minimum Gasteiger partial charge on any atom is -0.391 e. The molecule has 0 bridgehead atoms. The number of aliphatic hydroxyl groups excluding tert-OH is 1. The number of nitrogens with two attached hydrogens (primary N) is 1. The Balaban J connectivity index is 2.21. The van der Waals surface area contributed by atoms with Crippen LogP contribution in [0.2, 0.25) is 0 Å². The standard InChI is InChI=1S/C11H22N2O2/c1-7(15-9(3)8(2)14)6-13-11-4-10(11)5-12/h6-11,14H,4-5,12H2,1-3H3/t7?,8?,9-,10?,11?/m0/s1. The summed E-state index contributed by atoms with van der Waals surface area (Å²) in [5.74, 6) is 0.572. The number of hydrogen-bond donors (Lipinski definition) is 2. The average Bonchev–Trinajstić information content (AvgIpc) is 2.93. The van der Waals surface area contributed by atoms with Crippen LogP contribution in [0.5, 0.6) is 0 Å². The van der Waals surface area contributed by atoms with Crippen molar-refractivity contribution in [3.05, 3.63) is 0 Å². The van der Waals surface area contributed by atoms with E-state index >= 15 is 0 Å². The fraction of sp³-hybridized carbons (Fsp3) is 0.909. The first-order valence-corrected chi connectivity index (χ1v) is 5.61. The van der Waals surface area contributed by atoms with E-state index in [1.54, 1.807) is 6.92 Å². The van der Waals surface area contributed by atoms with Crippen LogP contribution < -0.4 is 5.73 Å². The number of aliphatic imine (C=N–C) groups is 1. The number of ether oxygens (including phenoxy) is 1. The third kappa shape index (κ3) is 4.28. The molecule has 4 nitrogen and oxygen atoms in total. The van der Waals surface area contributed by atoms with Gasteiger partial charge in [-0.25, -0.2) is 0 Å². The molecule has 1 aliphatic rings. The summed E-state index contributed by atoms with van der Waals surface area (Å²) in [6.07, 6.45) is 2.27. The van der Waals surface area contributed by atoms with Gasteiger partial charge in [0.1, 0.15) is 0 Å². The summed E-state index contributed by atoms with van der Waals surface area (Å²) in [7, 11) is 0. The zero-order valence-corrected chi connectivity index (χ0v) is 9.76. The Morgan fingerprint density at radius 3 is 2.67 bits per heavy atom. The highest BCUT2D eigenvalue weighted by atomic mass is 16.5. The molecule has 0 aromatic rings. The maximum atomic E-state index is 9.25. The van der Waals surface area contributed by atoms with Crippen molar-refractivity contribution in [2.75, 3.05) is 6.54 Å². The third-order valence-corrected chi connectivity index (χ3v) is 2.78. The molecule has 1 rings (SSSR count). The van der Waals surface area contributed by atoms with E-state index < -0.39 is 6.10 Å². The first-order valence-electron chi connectivity index (χ1n) is 5.61. The third-order valence-electron chi connectivity index (χ3n) is 2.78. The SMILES string of the molecule is CC(C=NC1CC1CN)O[C@@H](C)C(C)O. The van der Waals surface area contributed by atoms with E-state index in [1.165, 1.54) is 0 Å². The van der Waals surface area contributed by atoms with Gasteiger partial charge < -0.3 is 15.6 Å². The first-order chi connectivity index (χ1) is 7.04. The lowest BCUT2D eigenvalue weighted by molar-refractivity contribution is -0.0302. The van der Waals surface area contributed by atoms with Gasteiger partial charge in [-0.1, -0.05) is 0 Å².